The van der Waals surface area contributed by atoms with Crippen molar-refractivity contribution in [3.63, 3.8) is 0 Å². The lowest BCUT2D eigenvalue weighted by molar-refractivity contribution is -0.138. The molecule has 0 N–H and O–H groups in total. The number of nitriles is 1. The summed E-state index contributed by atoms with van der Waals surface area (Å²) >= 11 is 0. The highest BCUT2D eigenvalue weighted by atomic mass is 19.4. The Labute approximate surface area is 325 Å². The van der Waals surface area contributed by atoms with Gasteiger partial charge in [-0.1, -0.05) is 6.07 Å². The molecule has 0 fully saturated rings. The number of aromatic nitrogens is 2. The van der Waals surface area contributed by atoms with Gasteiger partial charge in [0.1, 0.15) is 0 Å². The predicted octanol–water partition coefficient (Wildman–Crippen LogP) is 14.5. The van der Waals surface area contributed by atoms with E-state index in [1.54, 1.807) is 0 Å². The molecule has 0 aliphatic heterocycles. The molecule has 0 spiro atoms. The highest BCUT2D eigenvalue weighted by Gasteiger charge is 2.37. The molecule has 0 bridgehead atoms. The van der Waals surface area contributed by atoms with Crippen molar-refractivity contribution in [2.24, 2.45) is 0 Å². The third-order valence-corrected chi connectivity index (χ3v) is 10.1. The Morgan fingerprint density at radius 3 is 1.02 bits per heavy atom. The van der Waals surface area contributed by atoms with Gasteiger partial charge in [0.15, 0.2) is 0 Å². The number of hydrogen-bond donors (Lipinski definition) is 0. The Bertz CT molecular complexity index is 2950. The summed E-state index contributed by atoms with van der Waals surface area (Å²) in [6, 6.07) is 16.1. The molecule has 2 heterocycles. The lowest BCUT2D eigenvalue weighted by Gasteiger charge is -2.21. The van der Waals surface area contributed by atoms with Crippen molar-refractivity contribution in [1.29, 1.82) is 5.26 Å². The molecule has 0 amide bonds. The Morgan fingerprint density at radius 2 is 0.683 bits per heavy atom. The summed E-state index contributed by atoms with van der Waals surface area (Å²) in [5.41, 5.74) is -8.83. The normalized spacial score (nSPS) is 13.2. The van der Waals surface area contributed by atoms with Gasteiger partial charge in [0.2, 0.25) is 0 Å². The SMILES string of the molecule is N#Cc1cccc(-n2c3ccc(C(F)(F)F)cc3c3cc(C(F)(F)F)ccc32)c1-c1cc(C(F)(F)F)ccc1-n1c2ccc(C(F)(F)F)cc2c2cc(C(F)(F)F)ccc21. The van der Waals surface area contributed by atoms with Crippen LogP contribution in [-0.2, 0) is 30.9 Å². The van der Waals surface area contributed by atoms with Gasteiger partial charge in [-0.15, -0.1) is 0 Å². The second kappa shape index (κ2) is 13.2. The number of alkyl halides is 15. The van der Waals surface area contributed by atoms with E-state index in [0.29, 0.717) is 60.7 Å². The van der Waals surface area contributed by atoms with E-state index in [1.807, 2.05) is 6.07 Å². The van der Waals surface area contributed by atoms with Crippen molar-refractivity contribution in [3.8, 4) is 28.6 Å². The fourth-order valence-corrected chi connectivity index (χ4v) is 7.48. The molecule has 0 radical (unpaired) electrons. The highest BCUT2D eigenvalue weighted by molar-refractivity contribution is 6.12. The van der Waals surface area contributed by atoms with E-state index in [4.69, 9.17) is 0 Å². The third-order valence-electron chi connectivity index (χ3n) is 10.1. The summed E-state index contributed by atoms with van der Waals surface area (Å²) in [7, 11) is 0. The second-order valence-corrected chi connectivity index (χ2v) is 13.6. The molecule has 3 nitrogen and oxygen atoms in total. The topological polar surface area (TPSA) is 33.6 Å². The van der Waals surface area contributed by atoms with Crippen molar-refractivity contribution in [2.45, 2.75) is 30.9 Å². The first-order chi connectivity index (χ1) is 27.9. The molecular weight excluding hydrogens is 831 g/mol. The standard InChI is InChI=1S/C42H18F15N3/c43-38(44,45)21-4-9-31-26(14-21)27-15-22(39(46,47)48)5-10-32(27)59(31)35-13-8-25(42(55,56)57)18-30(35)37-20(19-58)2-1-3-36(37)60-33-11-6-23(40(49,50)51)16-28(33)29-17-24(41(52,53)54)7-12-34(29)60/h1-18H. The van der Waals surface area contributed by atoms with Crippen LogP contribution in [0.25, 0.3) is 66.1 Å². The van der Waals surface area contributed by atoms with Gasteiger partial charge < -0.3 is 9.13 Å². The van der Waals surface area contributed by atoms with Crippen LogP contribution in [0.15, 0.2) is 109 Å². The Morgan fingerprint density at radius 1 is 0.367 bits per heavy atom. The number of nitrogens with zero attached hydrogens (tertiary/aromatic N) is 3. The lowest BCUT2D eigenvalue weighted by atomic mass is 9.94. The largest absolute Gasteiger partial charge is 0.416 e. The monoisotopic (exact) mass is 849 g/mol. The minimum absolute atomic E-state index is 0.168. The minimum atomic E-state index is -5.09. The molecule has 18 heteroatoms. The zero-order chi connectivity index (χ0) is 43.5. The van der Waals surface area contributed by atoms with E-state index in [9.17, 15) is 71.1 Å². The maximum absolute atomic E-state index is 14.5. The molecule has 0 unspecified atom stereocenters. The minimum Gasteiger partial charge on any atom is -0.309 e. The van der Waals surface area contributed by atoms with E-state index in [2.05, 4.69) is 0 Å². The Hall–Kier alpha value is -6.64. The fourth-order valence-electron chi connectivity index (χ4n) is 7.48. The fraction of sp³-hybridized carbons (Fsp3) is 0.119. The zero-order valence-electron chi connectivity index (χ0n) is 29.4. The molecule has 0 aliphatic rings. The van der Waals surface area contributed by atoms with Gasteiger partial charge >= 0.3 is 30.9 Å². The molecule has 2 aromatic heterocycles. The van der Waals surface area contributed by atoms with Crippen LogP contribution in [0.4, 0.5) is 65.9 Å². The van der Waals surface area contributed by atoms with Crippen molar-refractivity contribution < 1.29 is 65.9 Å². The Kier molecular flexibility index (Phi) is 8.82. The summed E-state index contributed by atoms with van der Waals surface area (Å²) in [5.74, 6) is 0. The predicted molar refractivity (Wildman–Crippen MR) is 190 cm³/mol. The number of rotatable bonds is 3. The van der Waals surface area contributed by atoms with Crippen LogP contribution in [0, 0.1) is 11.3 Å². The van der Waals surface area contributed by atoms with E-state index in [-0.39, 0.29) is 66.1 Å². The number of fused-ring (bicyclic) bond motifs is 6. The van der Waals surface area contributed by atoms with Crippen molar-refractivity contribution >= 4 is 43.6 Å². The molecular formula is C42H18F15N3. The number of hydrogen-bond acceptors (Lipinski definition) is 1. The summed E-state index contributed by atoms with van der Waals surface area (Å²) in [5, 5.41) is 8.97. The number of halogens is 15. The second-order valence-electron chi connectivity index (χ2n) is 13.6. The van der Waals surface area contributed by atoms with Gasteiger partial charge in [-0.25, -0.2) is 0 Å². The molecule has 60 heavy (non-hydrogen) atoms. The molecule has 306 valence electrons. The summed E-state index contributed by atoms with van der Waals surface area (Å²) in [6.07, 6.45) is -25.0. The first-order valence-electron chi connectivity index (χ1n) is 17.1. The first kappa shape index (κ1) is 40.2. The van der Waals surface area contributed by atoms with Crippen LogP contribution in [0.2, 0.25) is 0 Å². The van der Waals surface area contributed by atoms with E-state index < -0.39 is 64.3 Å². The van der Waals surface area contributed by atoms with Crippen molar-refractivity contribution in [3.05, 3.63) is 143 Å². The van der Waals surface area contributed by atoms with Gasteiger partial charge in [-0.3, -0.25) is 0 Å². The quantitative estimate of drug-likeness (QED) is 0.163. The summed E-state index contributed by atoms with van der Waals surface area (Å²) in [6.45, 7) is 0. The number of benzene rings is 6. The summed E-state index contributed by atoms with van der Waals surface area (Å²) < 4.78 is 213. The molecule has 0 aliphatic carbocycles. The van der Waals surface area contributed by atoms with Crippen LogP contribution in [0.1, 0.15) is 33.4 Å². The molecule has 6 aromatic carbocycles. The van der Waals surface area contributed by atoms with Crippen LogP contribution < -0.4 is 0 Å². The average molecular weight is 850 g/mol. The van der Waals surface area contributed by atoms with E-state index in [0.717, 1.165) is 45.5 Å². The van der Waals surface area contributed by atoms with Crippen molar-refractivity contribution in [1.82, 2.24) is 9.13 Å². The van der Waals surface area contributed by atoms with Crippen LogP contribution in [0.5, 0.6) is 0 Å². The van der Waals surface area contributed by atoms with Gasteiger partial charge in [0.05, 0.1) is 72.9 Å². The van der Waals surface area contributed by atoms with Gasteiger partial charge in [-0.05, 0) is 103 Å². The van der Waals surface area contributed by atoms with Gasteiger partial charge in [0.25, 0.3) is 0 Å². The molecule has 0 atom stereocenters. The molecule has 8 aromatic rings. The highest BCUT2D eigenvalue weighted by Crippen LogP contribution is 2.47. The van der Waals surface area contributed by atoms with Crippen molar-refractivity contribution in [2.75, 3.05) is 0 Å². The lowest BCUT2D eigenvalue weighted by Crippen LogP contribution is -2.09. The van der Waals surface area contributed by atoms with Crippen LogP contribution in [-0.4, -0.2) is 9.13 Å². The Balaban J connectivity index is 1.53. The molecule has 0 saturated carbocycles. The van der Waals surface area contributed by atoms with Crippen LogP contribution in [0.3, 0.4) is 0 Å². The maximum Gasteiger partial charge on any atom is 0.416 e. The molecule has 0 saturated heterocycles. The summed E-state index contributed by atoms with van der Waals surface area (Å²) in [4.78, 5) is 0. The smallest absolute Gasteiger partial charge is 0.309 e. The first-order valence-corrected chi connectivity index (χ1v) is 17.1. The zero-order valence-corrected chi connectivity index (χ0v) is 29.4. The van der Waals surface area contributed by atoms with E-state index in [1.165, 1.54) is 12.1 Å². The van der Waals surface area contributed by atoms with E-state index >= 15 is 0 Å². The van der Waals surface area contributed by atoms with Gasteiger partial charge in [-0.2, -0.15) is 71.1 Å². The molecule has 8 rings (SSSR count). The van der Waals surface area contributed by atoms with Gasteiger partial charge in [0, 0.05) is 32.7 Å². The maximum atomic E-state index is 14.5. The average Bonchev–Trinajstić information content (AvgIpc) is 3.67. The third kappa shape index (κ3) is 6.61. The van der Waals surface area contributed by atoms with Crippen LogP contribution >= 0.6 is 0 Å².